The molecule has 3 heteroatoms. The van der Waals surface area contributed by atoms with E-state index in [0.29, 0.717) is 0 Å². The molecule has 0 radical (unpaired) electrons. The quantitative estimate of drug-likeness (QED) is 0.785. The van der Waals surface area contributed by atoms with Crippen LogP contribution < -0.4 is 5.32 Å². The second-order valence-electron chi connectivity index (χ2n) is 5.48. The van der Waals surface area contributed by atoms with Crippen molar-refractivity contribution in [1.82, 2.24) is 15.1 Å². The standard InChI is InChI=1S/C14H29N3/c1-3-16(4-2)11-12-17-10-9-15-13-7-5-6-8-14(13)17/h13-15H,3-12H2,1-2H3/t13-,14-/m0/s1. The van der Waals surface area contributed by atoms with Crippen molar-refractivity contribution in [2.24, 2.45) is 0 Å². The number of hydrogen-bond acceptors (Lipinski definition) is 3. The Labute approximate surface area is 107 Å². The van der Waals surface area contributed by atoms with Gasteiger partial charge in [-0.3, -0.25) is 4.90 Å². The lowest BCUT2D eigenvalue weighted by Crippen LogP contribution is -2.59. The van der Waals surface area contributed by atoms with Crippen molar-refractivity contribution in [3.63, 3.8) is 0 Å². The molecule has 17 heavy (non-hydrogen) atoms. The molecular formula is C14H29N3. The SMILES string of the molecule is CCN(CC)CCN1CCN[C@H]2CCCC[C@@H]21. The fourth-order valence-electron chi connectivity index (χ4n) is 3.43. The van der Waals surface area contributed by atoms with E-state index < -0.39 is 0 Å². The average molecular weight is 239 g/mol. The lowest BCUT2D eigenvalue weighted by molar-refractivity contribution is 0.0778. The lowest BCUT2D eigenvalue weighted by Gasteiger charge is -2.45. The highest BCUT2D eigenvalue weighted by molar-refractivity contribution is 4.92. The van der Waals surface area contributed by atoms with Crippen molar-refractivity contribution < 1.29 is 0 Å². The van der Waals surface area contributed by atoms with Gasteiger partial charge in [0.05, 0.1) is 0 Å². The first kappa shape index (κ1) is 13.3. The Hall–Kier alpha value is -0.120. The van der Waals surface area contributed by atoms with Gasteiger partial charge in [-0.05, 0) is 25.9 Å². The van der Waals surface area contributed by atoms with E-state index in [1.807, 2.05) is 0 Å². The van der Waals surface area contributed by atoms with Gasteiger partial charge in [-0.2, -0.15) is 0 Å². The molecule has 1 heterocycles. The van der Waals surface area contributed by atoms with Crippen LogP contribution in [0, 0.1) is 0 Å². The van der Waals surface area contributed by atoms with Crippen LogP contribution in [0.15, 0.2) is 0 Å². The molecule has 0 aromatic rings. The summed E-state index contributed by atoms with van der Waals surface area (Å²) in [5, 5.41) is 3.71. The van der Waals surface area contributed by atoms with E-state index in [-0.39, 0.29) is 0 Å². The van der Waals surface area contributed by atoms with Crippen molar-refractivity contribution >= 4 is 0 Å². The van der Waals surface area contributed by atoms with Crippen LogP contribution in [0.1, 0.15) is 39.5 Å². The van der Waals surface area contributed by atoms with E-state index >= 15 is 0 Å². The molecule has 0 bridgehead atoms. The molecule has 0 spiro atoms. The fourth-order valence-corrected chi connectivity index (χ4v) is 3.43. The first-order valence-electron chi connectivity index (χ1n) is 7.55. The maximum absolute atomic E-state index is 3.71. The minimum atomic E-state index is 0.786. The number of nitrogens with one attached hydrogen (secondary N) is 1. The molecule has 0 amide bonds. The van der Waals surface area contributed by atoms with Crippen LogP contribution in [0.3, 0.4) is 0 Å². The van der Waals surface area contributed by atoms with Crippen LogP contribution in [0.4, 0.5) is 0 Å². The Morgan fingerprint density at radius 1 is 1.18 bits per heavy atom. The summed E-state index contributed by atoms with van der Waals surface area (Å²) in [4.78, 5) is 5.29. The number of fused-ring (bicyclic) bond motifs is 1. The topological polar surface area (TPSA) is 18.5 Å². The maximum Gasteiger partial charge on any atom is 0.0250 e. The Morgan fingerprint density at radius 3 is 2.71 bits per heavy atom. The van der Waals surface area contributed by atoms with Crippen molar-refractivity contribution in [2.45, 2.75) is 51.6 Å². The molecule has 0 aromatic carbocycles. The highest BCUT2D eigenvalue weighted by Gasteiger charge is 2.32. The van der Waals surface area contributed by atoms with Crippen LogP contribution in [0.2, 0.25) is 0 Å². The molecule has 2 rings (SSSR count). The smallest absolute Gasteiger partial charge is 0.0250 e. The van der Waals surface area contributed by atoms with E-state index in [1.54, 1.807) is 0 Å². The van der Waals surface area contributed by atoms with E-state index in [4.69, 9.17) is 0 Å². The summed E-state index contributed by atoms with van der Waals surface area (Å²) in [5.41, 5.74) is 0. The molecule has 1 saturated carbocycles. The first-order valence-corrected chi connectivity index (χ1v) is 7.55. The van der Waals surface area contributed by atoms with Crippen LogP contribution in [0.5, 0.6) is 0 Å². The van der Waals surface area contributed by atoms with Gasteiger partial charge in [0, 0.05) is 38.3 Å². The molecule has 1 aliphatic heterocycles. The first-order chi connectivity index (χ1) is 8.35. The predicted molar refractivity (Wildman–Crippen MR) is 73.4 cm³/mol. The number of rotatable bonds is 5. The summed E-state index contributed by atoms with van der Waals surface area (Å²) in [6.07, 6.45) is 5.67. The summed E-state index contributed by atoms with van der Waals surface area (Å²) in [6.45, 7) is 11.9. The summed E-state index contributed by atoms with van der Waals surface area (Å²) in [6, 6.07) is 1.61. The number of hydrogen-bond donors (Lipinski definition) is 1. The molecule has 3 nitrogen and oxygen atoms in total. The third-order valence-corrected chi connectivity index (χ3v) is 4.60. The number of nitrogens with zero attached hydrogens (tertiary/aromatic N) is 2. The van der Waals surface area contributed by atoms with Crippen molar-refractivity contribution in [2.75, 3.05) is 39.3 Å². The molecule has 0 unspecified atom stereocenters. The average Bonchev–Trinajstić information content (AvgIpc) is 2.40. The van der Waals surface area contributed by atoms with Gasteiger partial charge in [0.2, 0.25) is 0 Å². The maximum atomic E-state index is 3.71. The third kappa shape index (κ3) is 3.43. The van der Waals surface area contributed by atoms with E-state index in [0.717, 1.165) is 12.1 Å². The second kappa shape index (κ2) is 6.72. The van der Waals surface area contributed by atoms with Gasteiger partial charge in [-0.25, -0.2) is 0 Å². The van der Waals surface area contributed by atoms with Crippen LogP contribution >= 0.6 is 0 Å². The molecule has 2 fully saturated rings. The van der Waals surface area contributed by atoms with Gasteiger partial charge in [0.15, 0.2) is 0 Å². The van der Waals surface area contributed by atoms with Crippen molar-refractivity contribution in [1.29, 1.82) is 0 Å². The number of likely N-dealkylation sites (N-methyl/N-ethyl adjacent to an activating group) is 1. The fraction of sp³-hybridized carbons (Fsp3) is 1.00. The van der Waals surface area contributed by atoms with Gasteiger partial charge < -0.3 is 10.2 Å². The lowest BCUT2D eigenvalue weighted by atomic mass is 9.87. The molecule has 1 saturated heterocycles. The monoisotopic (exact) mass is 239 g/mol. The van der Waals surface area contributed by atoms with Crippen molar-refractivity contribution in [3.8, 4) is 0 Å². The molecular weight excluding hydrogens is 210 g/mol. The highest BCUT2D eigenvalue weighted by Crippen LogP contribution is 2.25. The molecule has 1 aliphatic carbocycles. The zero-order valence-corrected chi connectivity index (χ0v) is 11.6. The zero-order valence-electron chi connectivity index (χ0n) is 11.6. The zero-order chi connectivity index (χ0) is 12.1. The summed E-state index contributed by atoms with van der Waals surface area (Å²) < 4.78 is 0. The number of piperazine rings is 1. The van der Waals surface area contributed by atoms with E-state index in [1.165, 1.54) is 65.0 Å². The van der Waals surface area contributed by atoms with Gasteiger partial charge >= 0.3 is 0 Å². The molecule has 0 aromatic heterocycles. The molecule has 2 atom stereocenters. The largest absolute Gasteiger partial charge is 0.311 e. The Morgan fingerprint density at radius 2 is 1.94 bits per heavy atom. The van der Waals surface area contributed by atoms with Crippen LogP contribution in [0.25, 0.3) is 0 Å². The summed E-state index contributed by atoms with van der Waals surface area (Å²) >= 11 is 0. The normalized spacial score (nSPS) is 30.5. The Kier molecular flexibility index (Phi) is 5.26. The summed E-state index contributed by atoms with van der Waals surface area (Å²) in [5.74, 6) is 0. The minimum absolute atomic E-state index is 0.786. The minimum Gasteiger partial charge on any atom is -0.311 e. The second-order valence-corrected chi connectivity index (χ2v) is 5.48. The Balaban J connectivity index is 1.82. The predicted octanol–water partition coefficient (Wildman–Crippen LogP) is 1.54. The molecule has 1 N–H and O–H groups in total. The highest BCUT2D eigenvalue weighted by atomic mass is 15.3. The third-order valence-electron chi connectivity index (χ3n) is 4.60. The van der Waals surface area contributed by atoms with Gasteiger partial charge in [-0.1, -0.05) is 26.7 Å². The molecule has 100 valence electrons. The van der Waals surface area contributed by atoms with Crippen molar-refractivity contribution in [3.05, 3.63) is 0 Å². The van der Waals surface area contributed by atoms with Gasteiger partial charge in [0.25, 0.3) is 0 Å². The Bertz CT molecular complexity index is 214. The van der Waals surface area contributed by atoms with Crippen LogP contribution in [-0.4, -0.2) is 61.2 Å². The molecule has 2 aliphatic rings. The van der Waals surface area contributed by atoms with E-state index in [9.17, 15) is 0 Å². The van der Waals surface area contributed by atoms with Gasteiger partial charge in [-0.15, -0.1) is 0 Å². The van der Waals surface area contributed by atoms with Gasteiger partial charge in [0.1, 0.15) is 0 Å². The van der Waals surface area contributed by atoms with Crippen LogP contribution in [-0.2, 0) is 0 Å². The van der Waals surface area contributed by atoms with E-state index in [2.05, 4.69) is 29.0 Å². The summed E-state index contributed by atoms with van der Waals surface area (Å²) in [7, 11) is 0.